The highest BCUT2D eigenvalue weighted by Gasteiger charge is 2.09. The van der Waals surface area contributed by atoms with Crippen LogP contribution in [0.15, 0.2) is 6.20 Å². The molecule has 0 aliphatic rings. The van der Waals surface area contributed by atoms with Gasteiger partial charge in [0, 0.05) is 13.0 Å². The zero-order valence-electron chi connectivity index (χ0n) is 12.0. The maximum Gasteiger partial charge on any atom is 0.184 e. The molecule has 2 N–H and O–H groups in total. The van der Waals surface area contributed by atoms with Crippen LogP contribution in [0, 0.1) is 0 Å². The SMILES string of the molecule is CCCCCCCCCC(=O)c1cn(CCN)nn1. The van der Waals surface area contributed by atoms with Crippen molar-refractivity contribution in [3.05, 3.63) is 11.9 Å². The Morgan fingerprint density at radius 1 is 1.21 bits per heavy atom. The number of ketones is 1. The average Bonchev–Trinajstić information content (AvgIpc) is 2.87. The maximum absolute atomic E-state index is 11.9. The molecule has 0 aliphatic heterocycles. The van der Waals surface area contributed by atoms with E-state index in [1.807, 2.05) is 0 Å². The van der Waals surface area contributed by atoms with E-state index in [4.69, 9.17) is 5.73 Å². The molecule has 5 heteroatoms. The van der Waals surface area contributed by atoms with Crippen LogP contribution in [0.3, 0.4) is 0 Å². The molecule has 0 radical (unpaired) electrons. The Bertz CT molecular complexity index is 362. The summed E-state index contributed by atoms with van der Waals surface area (Å²) in [5.41, 5.74) is 5.89. The first-order valence-corrected chi connectivity index (χ1v) is 7.41. The summed E-state index contributed by atoms with van der Waals surface area (Å²) in [7, 11) is 0. The summed E-state index contributed by atoms with van der Waals surface area (Å²) in [5, 5.41) is 7.75. The minimum absolute atomic E-state index is 0.0943. The fourth-order valence-electron chi connectivity index (χ4n) is 2.04. The molecule has 1 aromatic heterocycles. The lowest BCUT2D eigenvalue weighted by Gasteiger charge is -2.00. The van der Waals surface area contributed by atoms with Crippen LogP contribution in [-0.4, -0.2) is 27.3 Å². The molecule has 1 heterocycles. The topological polar surface area (TPSA) is 73.8 Å². The van der Waals surface area contributed by atoms with E-state index in [9.17, 15) is 4.79 Å². The van der Waals surface area contributed by atoms with Crippen molar-refractivity contribution >= 4 is 5.78 Å². The number of hydrogen-bond donors (Lipinski definition) is 1. The van der Waals surface area contributed by atoms with Crippen LogP contribution in [0.25, 0.3) is 0 Å². The number of nitrogens with zero attached hydrogens (tertiary/aromatic N) is 3. The second-order valence-electron chi connectivity index (χ2n) is 4.95. The van der Waals surface area contributed by atoms with Crippen LogP contribution < -0.4 is 5.73 Å². The Morgan fingerprint density at radius 3 is 2.58 bits per heavy atom. The number of unbranched alkanes of at least 4 members (excludes halogenated alkanes) is 6. The molecule has 0 unspecified atom stereocenters. The Hall–Kier alpha value is -1.23. The first-order chi connectivity index (χ1) is 9.27. The Kier molecular flexibility index (Phi) is 8.05. The Balaban J connectivity index is 2.13. The van der Waals surface area contributed by atoms with E-state index in [1.165, 1.54) is 32.1 Å². The molecule has 0 aromatic carbocycles. The summed E-state index contributed by atoms with van der Waals surface area (Å²) in [6.07, 6.45) is 10.8. The lowest BCUT2D eigenvalue weighted by molar-refractivity contribution is 0.0974. The highest BCUT2D eigenvalue weighted by Crippen LogP contribution is 2.10. The van der Waals surface area contributed by atoms with Crippen LogP contribution >= 0.6 is 0 Å². The molecule has 0 amide bonds. The van der Waals surface area contributed by atoms with E-state index in [0.717, 1.165) is 12.8 Å². The second-order valence-corrected chi connectivity index (χ2v) is 4.95. The standard InChI is InChI=1S/C14H26N4O/c1-2-3-4-5-6-7-8-9-14(19)13-12-18(11-10-15)17-16-13/h12H,2-11,15H2,1H3. The fourth-order valence-corrected chi connectivity index (χ4v) is 2.04. The molecule has 0 saturated heterocycles. The van der Waals surface area contributed by atoms with Crippen molar-refractivity contribution in [2.24, 2.45) is 5.73 Å². The van der Waals surface area contributed by atoms with Crippen LogP contribution in [-0.2, 0) is 6.54 Å². The van der Waals surface area contributed by atoms with Crippen molar-refractivity contribution in [3.63, 3.8) is 0 Å². The minimum atomic E-state index is 0.0943. The van der Waals surface area contributed by atoms with Gasteiger partial charge in [-0.3, -0.25) is 9.48 Å². The average molecular weight is 266 g/mol. The number of nitrogens with two attached hydrogens (primary N) is 1. The van der Waals surface area contributed by atoms with Gasteiger partial charge in [-0.1, -0.05) is 50.7 Å². The number of carbonyl (C=O) groups is 1. The molecule has 0 atom stereocenters. The van der Waals surface area contributed by atoms with Gasteiger partial charge in [0.05, 0.1) is 12.7 Å². The summed E-state index contributed by atoms with van der Waals surface area (Å²) < 4.78 is 1.62. The smallest absolute Gasteiger partial charge is 0.184 e. The fraction of sp³-hybridized carbons (Fsp3) is 0.786. The van der Waals surface area contributed by atoms with Crippen LogP contribution in [0.2, 0.25) is 0 Å². The highest BCUT2D eigenvalue weighted by molar-refractivity contribution is 5.93. The van der Waals surface area contributed by atoms with Crippen molar-refractivity contribution in [2.75, 3.05) is 6.54 Å². The van der Waals surface area contributed by atoms with Crippen LogP contribution in [0.1, 0.15) is 68.8 Å². The van der Waals surface area contributed by atoms with E-state index >= 15 is 0 Å². The third-order valence-electron chi connectivity index (χ3n) is 3.19. The van der Waals surface area contributed by atoms with Crippen molar-refractivity contribution in [3.8, 4) is 0 Å². The first-order valence-electron chi connectivity index (χ1n) is 7.41. The molecule has 5 nitrogen and oxygen atoms in total. The number of hydrogen-bond acceptors (Lipinski definition) is 4. The largest absolute Gasteiger partial charge is 0.329 e. The molecule has 108 valence electrons. The molecular formula is C14H26N4O. The van der Waals surface area contributed by atoms with Crippen molar-refractivity contribution in [1.82, 2.24) is 15.0 Å². The molecule has 1 rings (SSSR count). The summed E-state index contributed by atoms with van der Waals surface area (Å²) in [5.74, 6) is 0.0943. The van der Waals surface area contributed by atoms with Gasteiger partial charge in [-0.2, -0.15) is 0 Å². The van der Waals surface area contributed by atoms with E-state index in [1.54, 1.807) is 10.9 Å². The van der Waals surface area contributed by atoms with Gasteiger partial charge in [0.1, 0.15) is 5.69 Å². The van der Waals surface area contributed by atoms with Crippen LogP contribution in [0.5, 0.6) is 0 Å². The lowest BCUT2D eigenvalue weighted by atomic mass is 10.1. The van der Waals surface area contributed by atoms with Crippen molar-refractivity contribution < 1.29 is 4.79 Å². The Labute approximate surface area is 115 Å². The molecule has 0 saturated carbocycles. The predicted molar refractivity (Wildman–Crippen MR) is 76.0 cm³/mol. The number of carbonyl (C=O) groups excluding carboxylic acids is 1. The highest BCUT2D eigenvalue weighted by atomic mass is 16.1. The Morgan fingerprint density at radius 2 is 1.89 bits per heavy atom. The second kappa shape index (κ2) is 9.67. The van der Waals surface area contributed by atoms with Crippen molar-refractivity contribution in [1.29, 1.82) is 0 Å². The number of rotatable bonds is 11. The molecule has 0 bridgehead atoms. The summed E-state index contributed by atoms with van der Waals surface area (Å²) in [6, 6.07) is 0. The number of Topliss-reactive ketones (excluding diaryl/α,β-unsaturated/α-hetero) is 1. The van der Waals surface area contributed by atoms with Gasteiger partial charge in [-0.15, -0.1) is 5.10 Å². The molecular weight excluding hydrogens is 240 g/mol. The van der Waals surface area contributed by atoms with E-state index < -0.39 is 0 Å². The summed E-state index contributed by atoms with van der Waals surface area (Å²) in [4.78, 5) is 11.9. The van der Waals surface area contributed by atoms with Gasteiger partial charge in [0.15, 0.2) is 5.78 Å². The van der Waals surface area contributed by atoms with Gasteiger partial charge in [-0.05, 0) is 6.42 Å². The number of aromatic nitrogens is 3. The van der Waals surface area contributed by atoms with Gasteiger partial charge < -0.3 is 5.73 Å². The monoisotopic (exact) mass is 266 g/mol. The van der Waals surface area contributed by atoms with E-state index in [2.05, 4.69) is 17.2 Å². The molecule has 0 fully saturated rings. The zero-order valence-corrected chi connectivity index (χ0v) is 12.0. The quantitative estimate of drug-likeness (QED) is 0.493. The molecule has 1 aromatic rings. The summed E-state index contributed by atoms with van der Waals surface area (Å²) in [6.45, 7) is 3.34. The van der Waals surface area contributed by atoms with Gasteiger partial charge in [-0.25, -0.2) is 0 Å². The predicted octanol–water partition coefficient (Wildman–Crippen LogP) is 2.56. The van der Waals surface area contributed by atoms with Crippen LogP contribution in [0.4, 0.5) is 0 Å². The lowest BCUT2D eigenvalue weighted by Crippen LogP contribution is -2.10. The van der Waals surface area contributed by atoms with E-state index in [0.29, 0.717) is 25.2 Å². The molecule has 0 spiro atoms. The normalized spacial score (nSPS) is 10.8. The van der Waals surface area contributed by atoms with Crippen molar-refractivity contribution in [2.45, 2.75) is 64.8 Å². The molecule has 0 aliphatic carbocycles. The van der Waals surface area contributed by atoms with Gasteiger partial charge >= 0.3 is 0 Å². The van der Waals surface area contributed by atoms with E-state index in [-0.39, 0.29) is 5.78 Å². The van der Waals surface area contributed by atoms with Gasteiger partial charge in [0.2, 0.25) is 0 Å². The third-order valence-corrected chi connectivity index (χ3v) is 3.19. The third kappa shape index (κ3) is 6.47. The minimum Gasteiger partial charge on any atom is -0.329 e. The maximum atomic E-state index is 11.9. The molecule has 19 heavy (non-hydrogen) atoms. The zero-order chi connectivity index (χ0) is 13.9. The van der Waals surface area contributed by atoms with Gasteiger partial charge in [0.25, 0.3) is 0 Å². The first kappa shape index (κ1) is 15.8. The summed E-state index contributed by atoms with van der Waals surface area (Å²) >= 11 is 0.